The maximum atomic E-state index is 13.2. The smallest absolute Gasteiger partial charge is 0.451 e. The lowest BCUT2D eigenvalue weighted by Gasteiger charge is -2.32. The average Bonchev–Trinajstić information content (AvgIpc) is 3.30. The van der Waals surface area contributed by atoms with Crippen LogP contribution in [-0.4, -0.2) is 71.7 Å². The fraction of sp³-hybridized carbons (Fsp3) is 0.389. The van der Waals surface area contributed by atoms with E-state index >= 15 is 0 Å². The topological polar surface area (TPSA) is 153 Å². The quantitative estimate of drug-likeness (QED) is 0.146. The number of esters is 1. The highest BCUT2D eigenvalue weighted by Gasteiger charge is 2.61. The van der Waals surface area contributed by atoms with Gasteiger partial charge in [0, 0.05) is 12.7 Å². The first kappa shape index (κ1) is 22.6. The van der Waals surface area contributed by atoms with Crippen molar-refractivity contribution in [2.45, 2.75) is 29.6 Å². The monoisotopic (exact) mass is 537 g/mol. The van der Waals surface area contributed by atoms with Gasteiger partial charge in [0.1, 0.15) is 24.7 Å². The van der Waals surface area contributed by atoms with Gasteiger partial charge in [-0.05, 0) is 28.1 Å². The number of ether oxygens (including phenoxy) is 2. The predicted molar refractivity (Wildman–Crippen MR) is 125 cm³/mol. The first-order valence-corrected chi connectivity index (χ1v) is 12.5. The molecular weight excluding hydrogens is 518 g/mol. The number of hydrogen-bond donors (Lipinski definition) is 4. The third-order valence-electron chi connectivity index (χ3n) is 5.52. The zero-order valence-corrected chi connectivity index (χ0v) is 19.8. The van der Waals surface area contributed by atoms with E-state index in [4.69, 9.17) is 31.8 Å². The number of rotatable bonds is 4. The Hall–Kier alpha value is -2.22. The number of alkyl halides is 1. The van der Waals surface area contributed by atoms with Crippen LogP contribution in [0.5, 0.6) is 0 Å². The largest absolute Gasteiger partial charge is 0.488 e. The lowest BCUT2D eigenvalue weighted by molar-refractivity contribution is -0.0451. The van der Waals surface area contributed by atoms with Gasteiger partial charge in [0.05, 0.1) is 5.56 Å². The molecule has 33 heavy (non-hydrogen) atoms. The van der Waals surface area contributed by atoms with Gasteiger partial charge in [0.2, 0.25) is 0 Å². The summed E-state index contributed by atoms with van der Waals surface area (Å²) in [4.78, 5) is 33.4. The number of halogens is 1. The van der Waals surface area contributed by atoms with Gasteiger partial charge in [-0.1, -0.05) is 12.1 Å². The molecule has 2 saturated heterocycles. The number of nitrogens with zero attached hydrogens (tertiary/aromatic N) is 3. The zero-order chi connectivity index (χ0) is 23.3. The molecular formula is C18H20BBrN6O6P+. The highest BCUT2D eigenvalue weighted by Crippen LogP contribution is 2.58. The van der Waals surface area contributed by atoms with Crippen LogP contribution in [-0.2, 0) is 18.5 Å². The number of benzene rings is 1. The summed E-state index contributed by atoms with van der Waals surface area (Å²) in [5.74, 6) is 0.0954. The van der Waals surface area contributed by atoms with E-state index in [0.29, 0.717) is 22.8 Å². The Balaban J connectivity index is 1.51. The Morgan fingerprint density at radius 1 is 1.45 bits per heavy atom. The van der Waals surface area contributed by atoms with E-state index in [9.17, 15) is 9.69 Å². The van der Waals surface area contributed by atoms with Crippen LogP contribution in [0.3, 0.4) is 0 Å². The average molecular weight is 538 g/mol. The minimum atomic E-state index is -3.60. The van der Waals surface area contributed by atoms with Gasteiger partial charge in [-0.2, -0.15) is 9.05 Å². The minimum absolute atomic E-state index is 0.0317. The van der Waals surface area contributed by atoms with Gasteiger partial charge in [-0.25, -0.2) is 19.7 Å². The molecule has 0 spiro atoms. The maximum absolute atomic E-state index is 13.2. The molecule has 0 aliphatic carbocycles. The fourth-order valence-electron chi connectivity index (χ4n) is 4.04. The van der Waals surface area contributed by atoms with Crippen molar-refractivity contribution in [2.75, 3.05) is 34.9 Å². The molecule has 5 N–H and O–H groups in total. The number of fused-ring (bicyclic) bond motifs is 2. The molecule has 6 atom stereocenters. The number of para-hydroxylation sites is 1. The molecule has 2 radical (unpaired) electrons. The molecule has 2 fully saturated rings. The second kappa shape index (κ2) is 8.53. The van der Waals surface area contributed by atoms with Gasteiger partial charge in [0.15, 0.2) is 35.1 Å². The van der Waals surface area contributed by atoms with Crippen LogP contribution in [0.1, 0.15) is 10.4 Å². The number of hydrogen-bond acceptors (Lipinski definition) is 12. The number of nitrogens with two attached hydrogens (primary N) is 1. The third-order valence-corrected chi connectivity index (χ3v) is 7.26. The maximum Gasteiger partial charge on any atom is 0.488 e. The molecule has 0 bridgehead atoms. The molecule has 12 nitrogen and oxygen atoms in total. The van der Waals surface area contributed by atoms with E-state index in [1.165, 1.54) is 6.33 Å². The summed E-state index contributed by atoms with van der Waals surface area (Å²) in [6.45, 7) is -0.0317. The van der Waals surface area contributed by atoms with Crippen LogP contribution in [0.15, 0.2) is 30.6 Å². The van der Waals surface area contributed by atoms with Crippen molar-refractivity contribution < 1.29 is 28.2 Å². The summed E-state index contributed by atoms with van der Waals surface area (Å²) in [7, 11) is 3.86. The standard InChI is InChI=1S/C18H20BBrN6O6P/c1-22-9-5-3-2-4-8(9)17(27)31-13-12-10(6-29-33(19,28)32-12)30-16(13)26-15-11(25-18(26)20)14(21)23-7-24-15/h2-5,7,10,12-13,16,18,22,25,28H,6H2,1H3,(H2,21,23,24)/q+1/t10?,12-,13?,16?,18?,33?/m1/s1. The summed E-state index contributed by atoms with van der Waals surface area (Å²) in [6, 6.07) is 6.92. The summed E-state index contributed by atoms with van der Waals surface area (Å²) in [5.41, 5.74) is 7.41. The van der Waals surface area contributed by atoms with Crippen molar-refractivity contribution >= 4 is 60.3 Å². The Morgan fingerprint density at radius 2 is 2.24 bits per heavy atom. The van der Waals surface area contributed by atoms with E-state index in [2.05, 4.69) is 36.5 Å². The Kier molecular flexibility index (Phi) is 5.84. The molecule has 172 valence electrons. The number of aromatic nitrogens is 2. The second-order valence-corrected chi connectivity index (χ2v) is 9.97. The molecule has 3 aliphatic rings. The van der Waals surface area contributed by atoms with E-state index in [-0.39, 0.29) is 12.4 Å². The van der Waals surface area contributed by atoms with Crippen LogP contribution < -0.4 is 21.3 Å². The van der Waals surface area contributed by atoms with Crippen LogP contribution in [0.2, 0.25) is 0 Å². The molecule has 2 aromatic rings. The molecule has 5 unspecified atom stereocenters. The van der Waals surface area contributed by atoms with Crippen molar-refractivity contribution in [3.8, 4) is 0 Å². The minimum Gasteiger partial charge on any atom is -0.451 e. The summed E-state index contributed by atoms with van der Waals surface area (Å²) >= 11 is 3.53. The van der Waals surface area contributed by atoms with Gasteiger partial charge in [-0.3, -0.25) is 4.90 Å². The Labute approximate surface area is 199 Å². The molecule has 1 aromatic heterocycles. The van der Waals surface area contributed by atoms with Gasteiger partial charge in [0.25, 0.3) is 0 Å². The molecule has 15 heteroatoms. The number of carbonyl (C=O) groups is 1. The number of nitrogens with one attached hydrogen (secondary N) is 2. The van der Waals surface area contributed by atoms with E-state index in [1.54, 1.807) is 36.2 Å². The normalized spacial score (nSPS) is 32.6. The van der Waals surface area contributed by atoms with Gasteiger partial charge < -0.3 is 25.8 Å². The SMILES string of the molecule is [B][P+]1(O)OCC2OC(N3c4ncnc(N)c4NC3Br)C(OC(=O)c3ccccc3NC)[C@@H]2O1. The van der Waals surface area contributed by atoms with E-state index < -0.39 is 43.4 Å². The van der Waals surface area contributed by atoms with Crippen molar-refractivity contribution in [2.24, 2.45) is 0 Å². The molecule has 0 amide bonds. The molecule has 0 saturated carbocycles. The van der Waals surface area contributed by atoms with Gasteiger partial charge in [-0.15, -0.1) is 0 Å². The summed E-state index contributed by atoms with van der Waals surface area (Å²) in [6.07, 6.45) is -2.07. The molecule has 1 aromatic carbocycles. The highest BCUT2D eigenvalue weighted by molar-refractivity contribution is 9.09. The van der Waals surface area contributed by atoms with Crippen LogP contribution in [0.4, 0.5) is 23.0 Å². The Morgan fingerprint density at radius 3 is 3.03 bits per heavy atom. The first-order valence-electron chi connectivity index (χ1n) is 9.95. The van der Waals surface area contributed by atoms with Crippen LogP contribution >= 0.6 is 23.8 Å². The second-order valence-electron chi connectivity index (χ2n) is 7.51. The molecule has 5 rings (SSSR count). The van der Waals surface area contributed by atoms with Crippen molar-refractivity contribution in [1.82, 2.24) is 9.97 Å². The zero-order valence-electron chi connectivity index (χ0n) is 17.3. The predicted octanol–water partition coefficient (Wildman–Crippen LogP) is 1.22. The number of nitrogen functional groups attached to an aromatic ring is 1. The molecule has 3 aliphatic heterocycles. The lowest BCUT2D eigenvalue weighted by atomic mass is 10.1. The highest BCUT2D eigenvalue weighted by atomic mass is 79.9. The lowest BCUT2D eigenvalue weighted by Crippen LogP contribution is -2.50. The van der Waals surface area contributed by atoms with Crippen LogP contribution in [0.25, 0.3) is 0 Å². The Bertz CT molecular complexity index is 1080. The number of anilines is 4. The fourth-order valence-corrected chi connectivity index (χ4v) is 5.72. The van der Waals surface area contributed by atoms with E-state index in [0.717, 1.165) is 0 Å². The van der Waals surface area contributed by atoms with Gasteiger partial charge >= 0.3 is 21.4 Å². The molecule has 4 heterocycles. The van der Waals surface area contributed by atoms with Crippen molar-refractivity contribution in [1.29, 1.82) is 0 Å². The number of carbonyl (C=O) groups excluding carboxylic acids is 1. The van der Waals surface area contributed by atoms with Crippen LogP contribution in [0, 0.1) is 0 Å². The van der Waals surface area contributed by atoms with Crippen molar-refractivity contribution in [3.63, 3.8) is 0 Å². The first-order chi connectivity index (χ1) is 15.8. The summed E-state index contributed by atoms with van der Waals surface area (Å²) in [5, 5.41) is 5.60. The van der Waals surface area contributed by atoms with Crippen molar-refractivity contribution in [3.05, 3.63) is 36.2 Å². The summed E-state index contributed by atoms with van der Waals surface area (Å²) < 4.78 is 23.0. The third kappa shape index (κ3) is 4.00. The van der Waals surface area contributed by atoms with E-state index in [1.807, 2.05) is 0 Å².